The highest BCUT2D eigenvalue weighted by Crippen LogP contribution is 2.60. The van der Waals surface area contributed by atoms with Crippen molar-refractivity contribution in [3.05, 3.63) is 82.4 Å². The van der Waals surface area contributed by atoms with Crippen molar-refractivity contribution in [1.82, 2.24) is 0 Å². The number of carbonyl (C=O) groups excluding carboxylic acids is 1. The molecule has 0 saturated heterocycles. The van der Waals surface area contributed by atoms with Crippen molar-refractivity contribution < 1.29 is 45.0 Å². The van der Waals surface area contributed by atoms with E-state index in [1.165, 1.54) is 0 Å². The number of esters is 1. The van der Waals surface area contributed by atoms with E-state index < -0.39 is 53.1 Å². The van der Waals surface area contributed by atoms with Crippen LogP contribution in [0.3, 0.4) is 0 Å². The first-order valence-electron chi connectivity index (χ1n) is 11.2. The molecule has 3 rings (SSSR count). The lowest BCUT2D eigenvalue weighted by Gasteiger charge is -2.23. The molecule has 1 fully saturated rings. The van der Waals surface area contributed by atoms with Crippen LogP contribution < -0.4 is 0 Å². The molecule has 202 valence electrons. The summed E-state index contributed by atoms with van der Waals surface area (Å²) in [5, 5.41) is -1.40. The smallest absolute Gasteiger partial charge is 0.455 e. The zero-order valence-electron chi connectivity index (χ0n) is 19.8. The van der Waals surface area contributed by atoms with Crippen molar-refractivity contribution in [2.45, 2.75) is 45.1 Å². The Labute approximate surface area is 214 Å². The zero-order chi connectivity index (χ0) is 27.6. The Balaban J connectivity index is 1.59. The number of alkyl halides is 7. The lowest BCUT2D eigenvalue weighted by atomic mass is 10.0. The second-order valence-corrected chi connectivity index (χ2v) is 9.84. The van der Waals surface area contributed by atoms with Crippen LogP contribution in [0.2, 0.25) is 0 Å². The summed E-state index contributed by atoms with van der Waals surface area (Å²) >= 11 is 5.51. The highest BCUT2D eigenvalue weighted by atomic mass is 35.5. The lowest BCUT2D eigenvalue weighted by Crippen LogP contribution is -2.43. The van der Waals surface area contributed by atoms with Crippen LogP contribution in [0.15, 0.2) is 65.7 Å². The Kier molecular flexibility index (Phi) is 8.34. The molecule has 11 heteroatoms. The van der Waals surface area contributed by atoms with Crippen LogP contribution in [-0.4, -0.2) is 30.8 Å². The van der Waals surface area contributed by atoms with E-state index in [-0.39, 0.29) is 6.61 Å². The predicted molar refractivity (Wildman–Crippen MR) is 122 cm³/mol. The Morgan fingerprint density at radius 3 is 2.16 bits per heavy atom. The molecule has 0 heterocycles. The molecule has 2 unspecified atom stereocenters. The molecule has 0 radical (unpaired) electrons. The number of hydrogen-bond donors (Lipinski definition) is 0. The van der Waals surface area contributed by atoms with Gasteiger partial charge in [0.15, 0.2) is 0 Å². The molecule has 2 aromatic carbocycles. The fourth-order valence-electron chi connectivity index (χ4n) is 3.93. The fraction of sp³-hybridized carbons (Fsp3) is 0.423. The van der Waals surface area contributed by atoms with Crippen molar-refractivity contribution in [2.24, 2.45) is 17.3 Å². The molecule has 1 aliphatic carbocycles. The van der Waals surface area contributed by atoms with E-state index in [9.17, 15) is 35.5 Å². The Morgan fingerprint density at radius 1 is 0.946 bits per heavy atom. The molecular formula is C26H24ClF7O3. The third-order valence-electron chi connectivity index (χ3n) is 6.24. The number of hydrogen-bond acceptors (Lipinski definition) is 3. The molecule has 0 N–H and O–H groups in total. The third-order valence-corrected chi connectivity index (χ3v) is 6.59. The number of allylic oxidation sites excluding steroid dienone is 1. The fourth-order valence-corrected chi connectivity index (χ4v) is 4.12. The van der Waals surface area contributed by atoms with Gasteiger partial charge in [-0.3, -0.25) is 4.79 Å². The monoisotopic (exact) mass is 552 g/mol. The van der Waals surface area contributed by atoms with Gasteiger partial charge in [-0.2, -0.15) is 30.7 Å². The van der Waals surface area contributed by atoms with Gasteiger partial charge in [0.1, 0.15) is 18.2 Å². The predicted octanol–water partition coefficient (Wildman–Crippen LogP) is 7.52. The number of rotatable bonds is 10. The van der Waals surface area contributed by atoms with Gasteiger partial charge in [0.2, 0.25) is 0 Å². The van der Waals surface area contributed by atoms with Gasteiger partial charge in [-0.25, -0.2) is 0 Å². The van der Waals surface area contributed by atoms with Crippen molar-refractivity contribution in [1.29, 1.82) is 0 Å². The average molecular weight is 553 g/mol. The normalized spacial score (nSPS) is 20.0. The van der Waals surface area contributed by atoms with Crippen LogP contribution in [0, 0.1) is 17.3 Å². The Morgan fingerprint density at radius 2 is 1.54 bits per heavy atom. The lowest BCUT2D eigenvalue weighted by molar-refractivity contribution is -0.323. The van der Waals surface area contributed by atoms with Gasteiger partial charge in [-0.05, 0) is 34.4 Å². The van der Waals surface area contributed by atoms with Crippen LogP contribution >= 0.6 is 11.6 Å². The molecule has 0 spiro atoms. The first-order valence-corrected chi connectivity index (χ1v) is 11.5. The van der Waals surface area contributed by atoms with E-state index in [1.54, 1.807) is 19.9 Å². The minimum atomic E-state index is -6.06. The minimum Gasteiger partial charge on any atom is -0.461 e. The number of benzene rings is 2. The van der Waals surface area contributed by atoms with Gasteiger partial charge >= 0.3 is 24.2 Å². The largest absolute Gasteiger partial charge is 0.461 e. The Hall–Kier alpha value is -2.59. The summed E-state index contributed by atoms with van der Waals surface area (Å²) in [7, 11) is 0. The molecule has 2 atom stereocenters. The molecule has 37 heavy (non-hydrogen) atoms. The van der Waals surface area contributed by atoms with E-state index >= 15 is 0 Å². The zero-order valence-corrected chi connectivity index (χ0v) is 20.6. The highest BCUT2D eigenvalue weighted by Gasteiger charge is 2.63. The average Bonchev–Trinajstić information content (AvgIpc) is 3.36. The van der Waals surface area contributed by atoms with E-state index in [1.807, 2.05) is 48.5 Å². The van der Waals surface area contributed by atoms with Gasteiger partial charge in [0, 0.05) is 0 Å². The van der Waals surface area contributed by atoms with Gasteiger partial charge in [-0.1, -0.05) is 86.1 Å². The first-order chi connectivity index (χ1) is 17.0. The maximum Gasteiger partial charge on any atom is 0.455 e. The second-order valence-electron chi connectivity index (χ2n) is 9.44. The highest BCUT2D eigenvalue weighted by molar-refractivity contribution is 6.30. The van der Waals surface area contributed by atoms with Crippen LogP contribution in [0.25, 0.3) is 0 Å². The van der Waals surface area contributed by atoms with Crippen LogP contribution in [-0.2, 0) is 27.3 Å². The molecule has 3 nitrogen and oxygen atoms in total. The van der Waals surface area contributed by atoms with Gasteiger partial charge < -0.3 is 9.47 Å². The number of carbonyl (C=O) groups is 1. The quantitative estimate of drug-likeness (QED) is 0.226. The number of halogens is 8. The van der Waals surface area contributed by atoms with Crippen molar-refractivity contribution in [2.75, 3.05) is 6.61 Å². The maximum absolute atomic E-state index is 14.0. The van der Waals surface area contributed by atoms with Gasteiger partial charge in [0.25, 0.3) is 0 Å². The van der Waals surface area contributed by atoms with Crippen molar-refractivity contribution >= 4 is 17.6 Å². The Bertz CT molecular complexity index is 1130. The molecule has 0 bridgehead atoms. The summed E-state index contributed by atoms with van der Waals surface area (Å²) in [5.74, 6) is -7.91. The third kappa shape index (κ3) is 7.04. The minimum absolute atomic E-state index is 0.0655. The van der Waals surface area contributed by atoms with Gasteiger partial charge in [0.05, 0.1) is 5.92 Å². The molecular weight excluding hydrogens is 529 g/mol. The van der Waals surface area contributed by atoms with Crippen molar-refractivity contribution in [3.8, 4) is 0 Å². The number of ether oxygens (including phenoxy) is 2. The molecule has 0 amide bonds. The molecule has 1 saturated carbocycles. The molecule has 0 aliphatic heterocycles. The van der Waals surface area contributed by atoms with Gasteiger partial charge in [-0.15, -0.1) is 0 Å². The summed E-state index contributed by atoms with van der Waals surface area (Å²) in [6.45, 7) is 0.490. The summed E-state index contributed by atoms with van der Waals surface area (Å²) in [5.41, 5.74) is 1.96. The summed E-state index contributed by atoms with van der Waals surface area (Å²) in [4.78, 5) is 12.6. The van der Waals surface area contributed by atoms with Crippen molar-refractivity contribution in [3.63, 3.8) is 0 Å². The van der Waals surface area contributed by atoms with Crippen LogP contribution in [0.5, 0.6) is 0 Å². The summed E-state index contributed by atoms with van der Waals surface area (Å²) in [6, 6.07) is 17.1. The SMILES string of the molecule is CC1(C)C(C=C(Cl)C(F)(F)OCC(F)(F)C(F)(F)F)C1C(=O)OCc1cccc(Cc2ccccc2)c1. The van der Waals surface area contributed by atoms with Crippen LogP contribution in [0.4, 0.5) is 30.7 Å². The first kappa shape index (κ1) is 29.0. The second kappa shape index (κ2) is 10.6. The standard InChI is InChI=1S/C26H24ClF7O3/c1-23(2)19(13-20(27)25(30,31)37-15-24(28,29)26(32,33)34)21(23)22(35)36-14-18-10-6-9-17(12-18)11-16-7-4-3-5-8-16/h3-10,12-13,19,21H,11,14-15H2,1-2H3. The van der Waals surface area contributed by atoms with E-state index in [4.69, 9.17) is 16.3 Å². The van der Waals surface area contributed by atoms with E-state index in [0.717, 1.165) is 22.8 Å². The topological polar surface area (TPSA) is 35.5 Å². The molecule has 2 aromatic rings. The van der Waals surface area contributed by atoms with E-state index in [2.05, 4.69) is 4.74 Å². The summed E-state index contributed by atoms with van der Waals surface area (Å²) in [6.07, 6.45) is -9.26. The molecule has 0 aromatic heterocycles. The maximum atomic E-state index is 14.0. The van der Waals surface area contributed by atoms with Crippen LogP contribution in [0.1, 0.15) is 30.5 Å². The molecule has 1 aliphatic rings. The van der Waals surface area contributed by atoms with E-state index in [0.29, 0.717) is 6.42 Å². The summed E-state index contributed by atoms with van der Waals surface area (Å²) < 4.78 is 99.5.